The maximum absolute atomic E-state index is 5.30. The molecular formula is C11H22O6. The molecule has 0 atom stereocenters. The topological polar surface area (TPSA) is 55.4 Å². The van der Waals surface area contributed by atoms with E-state index in [-0.39, 0.29) is 6.79 Å². The Morgan fingerprint density at radius 3 is 0.824 bits per heavy atom. The van der Waals surface area contributed by atoms with E-state index in [1.165, 1.54) is 0 Å². The molecule has 0 spiro atoms. The smallest absolute Gasteiger partial charge is 0.146 e. The molecule has 0 amide bonds. The molecule has 1 aliphatic heterocycles. The van der Waals surface area contributed by atoms with Crippen molar-refractivity contribution in [3.05, 3.63) is 0 Å². The van der Waals surface area contributed by atoms with Crippen LogP contribution in [-0.4, -0.2) is 72.9 Å². The lowest BCUT2D eigenvalue weighted by Gasteiger charge is -2.06. The summed E-state index contributed by atoms with van der Waals surface area (Å²) in [6.07, 6.45) is 0. The van der Waals surface area contributed by atoms with E-state index in [0.717, 1.165) is 0 Å². The zero-order chi connectivity index (χ0) is 12.0. The van der Waals surface area contributed by atoms with Crippen molar-refractivity contribution in [3.63, 3.8) is 0 Å². The van der Waals surface area contributed by atoms with Crippen molar-refractivity contribution in [3.8, 4) is 0 Å². The molecule has 1 rings (SSSR count). The van der Waals surface area contributed by atoms with Gasteiger partial charge in [-0.2, -0.15) is 0 Å². The first-order valence-corrected chi connectivity index (χ1v) is 5.96. The van der Waals surface area contributed by atoms with Gasteiger partial charge in [0.15, 0.2) is 0 Å². The summed E-state index contributed by atoms with van der Waals surface area (Å²) in [4.78, 5) is 0. The quantitative estimate of drug-likeness (QED) is 0.606. The molecule has 0 aromatic carbocycles. The van der Waals surface area contributed by atoms with Crippen LogP contribution in [0.3, 0.4) is 0 Å². The zero-order valence-corrected chi connectivity index (χ0v) is 10.2. The highest BCUT2D eigenvalue weighted by molar-refractivity contribution is 4.36. The van der Waals surface area contributed by atoms with Gasteiger partial charge < -0.3 is 28.4 Å². The Balaban J connectivity index is 2.01. The van der Waals surface area contributed by atoms with Crippen LogP contribution in [0.4, 0.5) is 0 Å². The van der Waals surface area contributed by atoms with Crippen LogP contribution in [0.2, 0.25) is 0 Å². The summed E-state index contributed by atoms with van der Waals surface area (Å²) in [6.45, 7) is 5.94. The first-order chi connectivity index (χ1) is 8.50. The van der Waals surface area contributed by atoms with Crippen LogP contribution in [0.25, 0.3) is 0 Å². The molecule has 1 saturated heterocycles. The fourth-order valence-electron chi connectivity index (χ4n) is 1.17. The molecule has 0 aliphatic carbocycles. The third kappa shape index (κ3) is 10.6. The lowest BCUT2D eigenvalue weighted by Crippen LogP contribution is -2.12. The number of hydrogen-bond acceptors (Lipinski definition) is 6. The normalized spacial score (nSPS) is 24.0. The summed E-state index contributed by atoms with van der Waals surface area (Å²) < 4.78 is 31.6. The predicted molar refractivity (Wildman–Crippen MR) is 60.0 cm³/mol. The van der Waals surface area contributed by atoms with Gasteiger partial charge in [-0.05, 0) is 0 Å². The number of rotatable bonds is 0. The van der Waals surface area contributed by atoms with Crippen molar-refractivity contribution < 1.29 is 28.4 Å². The van der Waals surface area contributed by atoms with E-state index in [0.29, 0.717) is 66.1 Å². The van der Waals surface area contributed by atoms with Crippen LogP contribution < -0.4 is 0 Å². The van der Waals surface area contributed by atoms with Crippen LogP contribution in [0.5, 0.6) is 0 Å². The standard InChI is InChI=1S/C11H22O6/c1-2-13-4-6-15-8-10-17-11-16-9-7-14-5-3-12-1/h1-11H2. The van der Waals surface area contributed by atoms with Gasteiger partial charge in [-0.15, -0.1) is 0 Å². The van der Waals surface area contributed by atoms with Crippen molar-refractivity contribution in [1.82, 2.24) is 0 Å². The molecule has 1 heterocycles. The first kappa shape index (κ1) is 14.8. The summed E-state index contributed by atoms with van der Waals surface area (Å²) in [5.41, 5.74) is 0. The number of ether oxygens (including phenoxy) is 6. The minimum atomic E-state index is 0.277. The Kier molecular flexibility index (Phi) is 10.7. The highest BCUT2D eigenvalue weighted by atomic mass is 16.7. The van der Waals surface area contributed by atoms with Gasteiger partial charge in [0.25, 0.3) is 0 Å². The van der Waals surface area contributed by atoms with Crippen molar-refractivity contribution in [2.75, 3.05) is 72.9 Å². The average molecular weight is 250 g/mol. The van der Waals surface area contributed by atoms with Gasteiger partial charge in [0.1, 0.15) is 6.79 Å². The predicted octanol–water partition coefficient (Wildman–Crippen LogP) is 0.0571. The Morgan fingerprint density at radius 2 is 0.529 bits per heavy atom. The van der Waals surface area contributed by atoms with E-state index in [4.69, 9.17) is 28.4 Å². The van der Waals surface area contributed by atoms with Crippen LogP contribution in [0.15, 0.2) is 0 Å². The van der Waals surface area contributed by atoms with Crippen molar-refractivity contribution >= 4 is 0 Å². The molecule has 1 fully saturated rings. The highest BCUT2D eigenvalue weighted by Gasteiger charge is 1.95. The van der Waals surface area contributed by atoms with Gasteiger partial charge in [-0.1, -0.05) is 0 Å². The molecule has 0 aromatic heterocycles. The van der Waals surface area contributed by atoms with E-state index in [1.807, 2.05) is 0 Å². The highest BCUT2D eigenvalue weighted by Crippen LogP contribution is 1.86. The van der Waals surface area contributed by atoms with Gasteiger partial charge in [-0.25, -0.2) is 0 Å². The summed E-state index contributed by atoms with van der Waals surface area (Å²) in [5, 5.41) is 0. The Labute approximate surface area is 102 Å². The Bertz CT molecular complexity index is 85.4. The largest absolute Gasteiger partial charge is 0.377 e. The van der Waals surface area contributed by atoms with E-state index >= 15 is 0 Å². The van der Waals surface area contributed by atoms with Crippen LogP contribution in [0.1, 0.15) is 0 Å². The molecule has 0 aromatic rings. The molecule has 0 N–H and O–H groups in total. The van der Waals surface area contributed by atoms with Crippen molar-refractivity contribution in [2.24, 2.45) is 0 Å². The molecule has 0 saturated carbocycles. The minimum absolute atomic E-state index is 0.277. The second-order valence-corrected chi connectivity index (χ2v) is 3.38. The molecule has 1 aliphatic rings. The second-order valence-electron chi connectivity index (χ2n) is 3.38. The van der Waals surface area contributed by atoms with E-state index in [2.05, 4.69) is 0 Å². The maximum atomic E-state index is 5.30. The van der Waals surface area contributed by atoms with Gasteiger partial charge >= 0.3 is 0 Å². The van der Waals surface area contributed by atoms with Gasteiger partial charge in [-0.3, -0.25) is 0 Å². The molecule has 17 heavy (non-hydrogen) atoms. The molecular weight excluding hydrogens is 228 g/mol. The van der Waals surface area contributed by atoms with E-state index in [1.54, 1.807) is 0 Å². The molecule has 0 unspecified atom stereocenters. The summed E-state index contributed by atoms with van der Waals surface area (Å²) >= 11 is 0. The fraction of sp³-hybridized carbons (Fsp3) is 1.00. The monoisotopic (exact) mass is 250 g/mol. The molecule has 0 radical (unpaired) electrons. The molecule has 6 nitrogen and oxygen atoms in total. The maximum Gasteiger partial charge on any atom is 0.146 e. The lowest BCUT2D eigenvalue weighted by molar-refractivity contribution is -0.0835. The SMILES string of the molecule is C1COCCOCCOCOCCOCCO1. The van der Waals surface area contributed by atoms with Crippen molar-refractivity contribution in [1.29, 1.82) is 0 Å². The summed E-state index contributed by atoms with van der Waals surface area (Å²) in [5.74, 6) is 0. The van der Waals surface area contributed by atoms with Crippen LogP contribution in [-0.2, 0) is 28.4 Å². The van der Waals surface area contributed by atoms with Gasteiger partial charge in [0.05, 0.1) is 66.1 Å². The minimum Gasteiger partial charge on any atom is -0.377 e. The average Bonchev–Trinajstić information content (AvgIpc) is 2.35. The van der Waals surface area contributed by atoms with Gasteiger partial charge in [0, 0.05) is 0 Å². The van der Waals surface area contributed by atoms with Crippen LogP contribution in [0, 0.1) is 0 Å². The lowest BCUT2D eigenvalue weighted by atomic mass is 10.7. The van der Waals surface area contributed by atoms with Crippen LogP contribution >= 0.6 is 0 Å². The van der Waals surface area contributed by atoms with E-state index < -0.39 is 0 Å². The first-order valence-electron chi connectivity index (χ1n) is 5.96. The molecule has 6 heteroatoms. The van der Waals surface area contributed by atoms with Gasteiger partial charge in [0.2, 0.25) is 0 Å². The number of hydrogen-bond donors (Lipinski definition) is 0. The Hall–Kier alpha value is -0.240. The molecule has 102 valence electrons. The Morgan fingerprint density at radius 1 is 0.294 bits per heavy atom. The van der Waals surface area contributed by atoms with E-state index in [9.17, 15) is 0 Å². The van der Waals surface area contributed by atoms with Crippen molar-refractivity contribution in [2.45, 2.75) is 0 Å². The molecule has 0 bridgehead atoms. The summed E-state index contributed by atoms with van der Waals surface area (Å²) in [7, 11) is 0. The zero-order valence-electron chi connectivity index (χ0n) is 10.2. The third-order valence-corrected chi connectivity index (χ3v) is 2.03. The third-order valence-electron chi connectivity index (χ3n) is 2.03. The fourth-order valence-corrected chi connectivity index (χ4v) is 1.17. The second kappa shape index (κ2) is 12.2. The summed E-state index contributed by atoms with van der Waals surface area (Å²) in [6, 6.07) is 0.